The number of hydrogen-bond donors (Lipinski definition) is 1. The van der Waals surface area contributed by atoms with Crippen molar-refractivity contribution < 1.29 is 14.6 Å². The van der Waals surface area contributed by atoms with E-state index in [1.165, 1.54) is 0 Å². The van der Waals surface area contributed by atoms with Gasteiger partial charge in [0, 0.05) is 0 Å². The number of esters is 1. The molecule has 0 amide bonds. The van der Waals surface area contributed by atoms with Gasteiger partial charge >= 0.3 is 5.97 Å². The molecule has 0 fully saturated rings. The van der Waals surface area contributed by atoms with E-state index >= 15 is 0 Å². The van der Waals surface area contributed by atoms with Gasteiger partial charge in [0.1, 0.15) is 0 Å². The lowest BCUT2D eigenvalue weighted by molar-refractivity contribution is -0.161. The van der Waals surface area contributed by atoms with Gasteiger partial charge < -0.3 is 9.84 Å². The zero-order valence-corrected chi connectivity index (χ0v) is 10.7. The van der Waals surface area contributed by atoms with Gasteiger partial charge in [-0.05, 0) is 18.1 Å². The summed E-state index contributed by atoms with van der Waals surface area (Å²) in [5.41, 5.74) is -0.766. The minimum Gasteiger partial charge on any atom is -0.463 e. The highest BCUT2D eigenvalue weighted by molar-refractivity contribution is 5.85. The maximum absolute atomic E-state index is 12.2. The lowest BCUT2D eigenvalue weighted by Crippen LogP contribution is -2.38. The summed E-state index contributed by atoms with van der Waals surface area (Å²) in [6.45, 7) is 1.94. The zero-order valence-electron chi connectivity index (χ0n) is 10.7. The highest BCUT2D eigenvalue weighted by Crippen LogP contribution is 2.30. The minimum atomic E-state index is -1.77. The SMILES string of the molecule is CCOC(=O)C(O)(c1ccccc1)c1ccccc1. The Morgan fingerprint density at radius 3 is 1.79 bits per heavy atom. The number of rotatable bonds is 4. The number of carbonyl (C=O) groups excluding carboxylic acids is 1. The molecule has 0 radical (unpaired) electrons. The summed E-state index contributed by atoms with van der Waals surface area (Å²) in [7, 11) is 0. The number of carbonyl (C=O) groups is 1. The van der Waals surface area contributed by atoms with Crippen LogP contribution >= 0.6 is 0 Å². The third-order valence-corrected chi connectivity index (χ3v) is 2.95. The van der Waals surface area contributed by atoms with Gasteiger partial charge in [0.15, 0.2) is 0 Å². The maximum atomic E-state index is 12.2. The average molecular weight is 256 g/mol. The van der Waals surface area contributed by atoms with Crippen molar-refractivity contribution in [2.24, 2.45) is 0 Å². The Morgan fingerprint density at radius 2 is 1.42 bits per heavy atom. The first-order valence-corrected chi connectivity index (χ1v) is 6.20. The van der Waals surface area contributed by atoms with E-state index in [9.17, 15) is 9.90 Å². The lowest BCUT2D eigenvalue weighted by Gasteiger charge is -2.26. The number of ether oxygens (including phenoxy) is 1. The van der Waals surface area contributed by atoms with Crippen LogP contribution in [0.5, 0.6) is 0 Å². The van der Waals surface area contributed by atoms with Gasteiger partial charge in [-0.3, -0.25) is 0 Å². The van der Waals surface area contributed by atoms with E-state index in [2.05, 4.69) is 0 Å². The van der Waals surface area contributed by atoms with E-state index in [4.69, 9.17) is 4.74 Å². The van der Waals surface area contributed by atoms with E-state index < -0.39 is 11.6 Å². The summed E-state index contributed by atoms with van der Waals surface area (Å²) in [6.07, 6.45) is 0. The Balaban J connectivity index is 2.54. The Hall–Kier alpha value is -2.13. The van der Waals surface area contributed by atoms with E-state index in [0.29, 0.717) is 11.1 Å². The zero-order chi connectivity index (χ0) is 13.7. The summed E-state index contributed by atoms with van der Waals surface area (Å²) in [4.78, 5) is 12.2. The molecule has 2 aromatic rings. The molecule has 3 heteroatoms. The maximum Gasteiger partial charge on any atom is 0.347 e. The largest absolute Gasteiger partial charge is 0.463 e. The van der Waals surface area contributed by atoms with E-state index in [0.717, 1.165) is 0 Å². The predicted octanol–water partition coefficient (Wildman–Crippen LogP) is 2.49. The van der Waals surface area contributed by atoms with Crippen LogP contribution in [0.4, 0.5) is 0 Å². The molecule has 0 saturated carbocycles. The van der Waals surface area contributed by atoms with Crippen LogP contribution in [0.25, 0.3) is 0 Å². The molecule has 0 unspecified atom stereocenters. The van der Waals surface area contributed by atoms with Gasteiger partial charge in [0.05, 0.1) is 6.61 Å². The van der Waals surface area contributed by atoms with Crippen molar-refractivity contribution in [3.63, 3.8) is 0 Å². The number of aliphatic hydroxyl groups is 1. The van der Waals surface area contributed by atoms with Gasteiger partial charge in [-0.25, -0.2) is 4.79 Å². The van der Waals surface area contributed by atoms with Crippen LogP contribution in [-0.4, -0.2) is 17.7 Å². The first-order valence-electron chi connectivity index (χ1n) is 6.20. The van der Waals surface area contributed by atoms with Crippen molar-refractivity contribution in [3.8, 4) is 0 Å². The smallest absolute Gasteiger partial charge is 0.347 e. The van der Waals surface area contributed by atoms with Crippen molar-refractivity contribution in [2.45, 2.75) is 12.5 Å². The molecule has 19 heavy (non-hydrogen) atoms. The predicted molar refractivity (Wildman–Crippen MR) is 72.5 cm³/mol. The molecular weight excluding hydrogens is 240 g/mol. The minimum absolute atomic E-state index is 0.223. The Bertz CT molecular complexity index is 495. The monoisotopic (exact) mass is 256 g/mol. The van der Waals surface area contributed by atoms with Crippen LogP contribution in [0.3, 0.4) is 0 Å². The van der Waals surface area contributed by atoms with Gasteiger partial charge in [-0.1, -0.05) is 60.7 Å². The van der Waals surface area contributed by atoms with Crippen molar-refractivity contribution in [1.29, 1.82) is 0 Å². The van der Waals surface area contributed by atoms with Gasteiger partial charge in [0.2, 0.25) is 5.60 Å². The highest BCUT2D eigenvalue weighted by Gasteiger charge is 2.41. The Kier molecular flexibility index (Phi) is 3.97. The molecule has 0 heterocycles. The fourth-order valence-corrected chi connectivity index (χ4v) is 2.00. The Morgan fingerprint density at radius 1 is 1.00 bits per heavy atom. The lowest BCUT2D eigenvalue weighted by atomic mass is 9.86. The third kappa shape index (κ3) is 2.51. The molecule has 0 spiro atoms. The molecule has 0 aromatic heterocycles. The second-order valence-electron chi connectivity index (χ2n) is 4.16. The quantitative estimate of drug-likeness (QED) is 0.855. The molecule has 0 aliphatic rings. The standard InChI is InChI=1S/C16H16O3/c1-2-19-15(17)16(18,13-9-5-3-6-10-13)14-11-7-4-8-12-14/h3-12,18H,2H2,1H3. The van der Waals surface area contributed by atoms with E-state index in [-0.39, 0.29) is 6.61 Å². The second-order valence-corrected chi connectivity index (χ2v) is 4.16. The summed E-state index contributed by atoms with van der Waals surface area (Å²) in [6, 6.07) is 17.6. The molecule has 0 aliphatic heterocycles. The normalized spacial score (nSPS) is 11.1. The van der Waals surface area contributed by atoms with E-state index in [1.807, 2.05) is 12.1 Å². The molecule has 2 rings (SSSR count). The average Bonchev–Trinajstić information content (AvgIpc) is 2.48. The number of benzene rings is 2. The molecule has 3 nitrogen and oxygen atoms in total. The van der Waals surface area contributed by atoms with Gasteiger partial charge in [-0.2, -0.15) is 0 Å². The molecule has 0 bridgehead atoms. The van der Waals surface area contributed by atoms with E-state index in [1.54, 1.807) is 55.5 Å². The fraction of sp³-hybridized carbons (Fsp3) is 0.188. The number of hydrogen-bond acceptors (Lipinski definition) is 3. The summed E-state index contributed by atoms with van der Waals surface area (Å²) >= 11 is 0. The van der Waals surface area contributed by atoms with Crippen LogP contribution in [-0.2, 0) is 15.1 Å². The molecule has 0 atom stereocenters. The summed E-state index contributed by atoms with van der Waals surface area (Å²) < 4.78 is 5.03. The van der Waals surface area contributed by atoms with Crippen LogP contribution < -0.4 is 0 Å². The second kappa shape index (κ2) is 5.67. The van der Waals surface area contributed by atoms with Gasteiger partial charge in [-0.15, -0.1) is 0 Å². The first kappa shape index (κ1) is 13.3. The van der Waals surface area contributed by atoms with Gasteiger partial charge in [0.25, 0.3) is 0 Å². The van der Waals surface area contributed by atoms with Crippen LogP contribution in [0.15, 0.2) is 60.7 Å². The van der Waals surface area contributed by atoms with Crippen molar-refractivity contribution >= 4 is 5.97 Å². The van der Waals surface area contributed by atoms with Crippen LogP contribution in [0.1, 0.15) is 18.1 Å². The highest BCUT2D eigenvalue weighted by atomic mass is 16.5. The molecule has 1 N–H and O–H groups in total. The third-order valence-electron chi connectivity index (χ3n) is 2.95. The Labute approximate surface area is 112 Å². The summed E-state index contributed by atoms with van der Waals surface area (Å²) in [5, 5.41) is 10.9. The molecule has 2 aromatic carbocycles. The van der Waals surface area contributed by atoms with Crippen LogP contribution in [0.2, 0.25) is 0 Å². The molecule has 98 valence electrons. The van der Waals surface area contributed by atoms with Crippen molar-refractivity contribution in [1.82, 2.24) is 0 Å². The molecule has 0 aliphatic carbocycles. The van der Waals surface area contributed by atoms with Crippen molar-refractivity contribution in [2.75, 3.05) is 6.61 Å². The first-order chi connectivity index (χ1) is 9.19. The van der Waals surface area contributed by atoms with Crippen molar-refractivity contribution in [3.05, 3.63) is 71.8 Å². The molecular formula is C16H16O3. The topological polar surface area (TPSA) is 46.5 Å². The van der Waals surface area contributed by atoms with Crippen LogP contribution in [0, 0.1) is 0 Å². The fourth-order valence-electron chi connectivity index (χ4n) is 2.00. The summed E-state index contributed by atoms with van der Waals surface area (Å²) in [5.74, 6) is -0.660. The molecule has 0 saturated heterocycles.